The highest BCUT2D eigenvalue weighted by Crippen LogP contribution is 2.19. The largest absolute Gasteiger partial charge is 0.394 e. The van der Waals surface area contributed by atoms with Gasteiger partial charge in [0.05, 0.1) is 18.2 Å². The third-order valence-electron chi connectivity index (χ3n) is 3.38. The Morgan fingerprint density at radius 3 is 2.94 bits per heavy atom. The van der Waals surface area contributed by atoms with Crippen LogP contribution in [0, 0.1) is 0 Å². The van der Waals surface area contributed by atoms with E-state index in [0.717, 1.165) is 25.7 Å². The van der Waals surface area contributed by atoms with Gasteiger partial charge in [-0.15, -0.1) is 0 Å². The van der Waals surface area contributed by atoms with E-state index in [2.05, 4.69) is 4.98 Å². The molecule has 0 radical (unpaired) electrons. The maximum atomic E-state index is 12.4. The third kappa shape index (κ3) is 2.79. The Kier molecular flexibility index (Phi) is 4.15. The second-order valence-corrected chi connectivity index (χ2v) is 4.66. The lowest BCUT2D eigenvalue weighted by molar-refractivity contribution is 0.0599. The van der Waals surface area contributed by atoms with Gasteiger partial charge in [0, 0.05) is 12.7 Å². The Labute approximate surface area is 107 Å². The minimum atomic E-state index is -0.0717. The van der Waals surface area contributed by atoms with E-state index in [1.54, 1.807) is 17.0 Å². The summed E-state index contributed by atoms with van der Waals surface area (Å²) in [5.74, 6) is 0.338. The molecule has 1 unspecified atom stereocenters. The molecule has 0 bridgehead atoms. The van der Waals surface area contributed by atoms with Crippen molar-refractivity contribution in [2.45, 2.75) is 31.7 Å². The van der Waals surface area contributed by atoms with E-state index < -0.39 is 0 Å². The normalized spacial score (nSPS) is 20.5. The zero-order valence-electron chi connectivity index (χ0n) is 10.4. The number of carbonyl (C=O) groups excluding carboxylic acids is 1. The Morgan fingerprint density at radius 1 is 1.44 bits per heavy atom. The van der Waals surface area contributed by atoms with E-state index >= 15 is 0 Å². The zero-order chi connectivity index (χ0) is 13.0. The number of nitrogen functional groups attached to an aromatic ring is 1. The smallest absolute Gasteiger partial charge is 0.255 e. The van der Waals surface area contributed by atoms with Crippen LogP contribution in [0.25, 0.3) is 0 Å². The molecule has 0 spiro atoms. The topological polar surface area (TPSA) is 79.5 Å². The number of nitrogens with zero attached hydrogens (tertiary/aromatic N) is 2. The first-order valence-corrected chi connectivity index (χ1v) is 6.35. The number of pyridine rings is 1. The monoisotopic (exact) mass is 249 g/mol. The third-order valence-corrected chi connectivity index (χ3v) is 3.38. The van der Waals surface area contributed by atoms with Gasteiger partial charge in [0.1, 0.15) is 5.82 Å². The fourth-order valence-electron chi connectivity index (χ4n) is 2.33. The van der Waals surface area contributed by atoms with Gasteiger partial charge < -0.3 is 15.7 Å². The molecule has 1 aliphatic rings. The van der Waals surface area contributed by atoms with E-state index in [4.69, 9.17) is 5.73 Å². The molecule has 5 nitrogen and oxygen atoms in total. The van der Waals surface area contributed by atoms with Crippen LogP contribution in [0.5, 0.6) is 0 Å². The second kappa shape index (κ2) is 5.82. The maximum Gasteiger partial charge on any atom is 0.255 e. The van der Waals surface area contributed by atoms with Crippen molar-refractivity contribution < 1.29 is 9.90 Å². The van der Waals surface area contributed by atoms with Crippen LogP contribution in [0.2, 0.25) is 0 Å². The molecule has 3 N–H and O–H groups in total. The standard InChI is InChI=1S/C13H19N3O2/c14-12-6-5-10(8-15-12)13(18)16-7-3-1-2-4-11(16)9-17/h5-6,8,11,17H,1-4,7,9H2,(H2,14,15). The summed E-state index contributed by atoms with van der Waals surface area (Å²) in [5.41, 5.74) is 6.04. The summed E-state index contributed by atoms with van der Waals surface area (Å²) < 4.78 is 0. The number of amides is 1. The Bertz CT molecular complexity index is 405. The quantitative estimate of drug-likeness (QED) is 0.820. The van der Waals surface area contributed by atoms with Crippen LogP contribution in [0.4, 0.5) is 5.82 Å². The van der Waals surface area contributed by atoms with Gasteiger partial charge in [-0.05, 0) is 25.0 Å². The van der Waals surface area contributed by atoms with Crippen molar-refractivity contribution in [1.29, 1.82) is 0 Å². The van der Waals surface area contributed by atoms with Crippen molar-refractivity contribution in [3.8, 4) is 0 Å². The molecule has 18 heavy (non-hydrogen) atoms. The first-order chi connectivity index (χ1) is 8.72. The number of nitrogens with two attached hydrogens (primary N) is 1. The summed E-state index contributed by atoms with van der Waals surface area (Å²) in [5, 5.41) is 9.40. The Hall–Kier alpha value is -1.62. The highest BCUT2D eigenvalue weighted by atomic mass is 16.3. The summed E-state index contributed by atoms with van der Waals surface area (Å²) in [6, 6.07) is 3.24. The van der Waals surface area contributed by atoms with Crippen LogP contribution in [-0.2, 0) is 0 Å². The van der Waals surface area contributed by atoms with Crippen LogP contribution in [0.1, 0.15) is 36.0 Å². The average molecular weight is 249 g/mol. The van der Waals surface area contributed by atoms with Crippen LogP contribution in [0.3, 0.4) is 0 Å². The maximum absolute atomic E-state index is 12.4. The first kappa shape index (κ1) is 12.8. The fourth-order valence-corrected chi connectivity index (χ4v) is 2.33. The number of hydrogen-bond acceptors (Lipinski definition) is 4. The summed E-state index contributed by atoms with van der Waals surface area (Å²) >= 11 is 0. The van der Waals surface area contributed by atoms with Crippen molar-refractivity contribution in [1.82, 2.24) is 9.88 Å². The van der Waals surface area contributed by atoms with Gasteiger partial charge in [-0.25, -0.2) is 4.98 Å². The van der Waals surface area contributed by atoms with Gasteiger partial charge in [-0.3, -0.25) is 4.79 Å². The zero-order valence-corrected chi connectivity index (χ0v) is 10.4. The molecule has 0 aliphatic carbocycles. The predicted octanol–water partition coefficient (Wildman–Crippen LogP) is 1.04. The van der Waals surface area contributed by atoms with Crippen molar-refractivity contribution in [2.75, 3.05) is 18.9 Å². The molecule has 1 fully saturated rings. The van der Waals surface area contributed by atoms with Crippen LogP contribution >= 0.6 is 0 Å². The van der Waals surface area contributed by atoms with Crippen molar-refractivity contribution >= 4 is 11.7 Å². The molecule has 1 amide bonds. The summed E-state index contributed by atoms with van der Waals surface area (Å²) in [6.07, 6.45) is 5.53. The number of likely N-dealkylation sites (tertiary alicyclic amines) is 1. The SMILES string of the molecule is Nc1ccc(C(=O)N2CCCCCC2CO)cn1. The number of carbonyl (C=O) groups is 1. The van der Waals surface area contributed by atoms with Gasteiger partial charge >= 0.3 is 0 Å². The molecule has 1 aliphatic heterocycles. The molecule has 1 saturated heterocycles. The number of aromatic nitrogens is 1. The van der Waals surface area contributed by atoms with E-state index in [0.29, 0.717) is 17.9 Å². The minimum absolute atomic E-state index is 0.0220. The molecular formula is C13H19N3O2. The number of rotatable bonds is 2. The van der Waals surface area contributed by atoms with E-state index in [-0.39, 0.29) is 18.6 Å². The molecule has 1 atom stereocenters. The number of hydrogen-bond donors (Lipinski definition) is 2. The van der Waals surface area contributed by atoms with Crippen molar-refractivity contribution in [2.24, 2.45) is 0 Å². The van der Waals surface area contributed by atoms with Gasteiger partial charge in [-0.2, -0.15) is 0 Å². The molecular weight excluding hydrogens is 230 g/mol. The lowest BCUT2D eigenvalue weighted by atomic mass is 10.1. The lowest BCUT2D eigenvalue weighted by Gasteiger charge is -2.28. The van der Waals surface area contributed by atoms with Gasteiger partial charge in [-0.1, -0.05) is 12.8 Å². The lowest BCUT2D eigenvalue weighted by Crippen LogP contribution is -2.42. The number of anilines is 1. The highest BCUT2D eigenvalue weighted by molar-refractivity contribution is 5.94. The minimum Gasteiger partial charge on any atom is -0.394 e. The van der Waals surface area contributed by atoms with Crippen LogP contribution in [0.15, 0.2) is 18.3 Å². The van der Waals surface area contributed by atoms with Crippen LogP contribution in [-0.4, -0.2) is 40.1 Å². The van der Waals surface area contributed by atoms with E-state index in [9.17, 15) is 9.90 Å². The van der Waals surface area contributed by atoms with E-state index in [1.165, 1.54) is 6.20 Å². The Morgan fingerprint density at radius 2 is 2.28 bits per heavy atom. The first-order valence-electron chi connectivity index (χ1n) is 6.35. The molecule has 5 heteroatoms. The van der Waals surface area contributed by atoms with Crippen LogP contribution < -0.4 is 5.73 Å². The number of aliphatic hydroxyl groups is 1. The van der Waals surface area contributed by atoms with Gasteiger partial charge in [0.25, 0.3) is 5.91 Å². The summed E-state index contributed by atoms with van der Waals surface area (Å²) in [6.45, 7) is 0.725. The molecule has 1 aromatic heterocycles. The molecule has 2 heterocycles. The molecule has 0 aromatic carbocycles. The summed E-state index contributed by atoms with van der Waals surface area (Å²) in [7, 11) is 0. The van der Waals surface area contributed by atoms with Gasteiger partial charge in [0.15, 0.2) is 0 Å². The summed E-state index contributed by atoms with van der Waals surface area (Å²) in [4.78, 5) is 18.1. The van der Waals surface area contributed by atoms with E-state index in [1.807, 2.05) is 0 Å². The fraction of sp³-hybridized carbons (Fsp3) is 0.538. The van der Waals surface area contributed by atoms with Crippen molar-refractivity contribution in [3.63, 3.8) is 0 Å². The predicted molar refractivity (Wildman–Crippen MR) is 69.0 cm³/mol. The molecule has 1 aromatic rings. The molecule has 2 rings (SSSR count). The van der Waals surface area contributed by atoms with Crippen molar-refractivity contribution in [3.05, 3.63) is 23.9 Å². The average Bonchev–Trinajstić information content (AvgIpc) is 2.63. The second-order valence-electron chi connectivity index (χ2n) is 4.66. The van der Waals surface area contributed by atoms with Gasteiger partial charge in [0.2, 0.25) is 0 Å². The molecule has 98 valence electrons. The highest BCUT2D eigenvalue weighted by Gasteiger charge is 2.25. The molecule has 0 saturated carbocycles. The number of aliphatic hydroxyl groups excluding tert-OH is 1. The Balaban J connectivity index is 2.17.